The molecular formula is C20H11NO7. The molecule has 0 radical (unpaired) electrons. The van der Waals surface area contributed by atoms with E-state index in [1.807, 2.05) is 0 Å². The Labute approximate surface area is 157 Å². The number of carbonyl (C=O) groups excluding carboxylic acids is 2. The lowest BCUT2D eigenvalue weighted by molar-refractivity contribution is -0.385. The molecule has 2 atom stereocenters. The number of phenols is 1. The van der Waals surface area contributed by atoms with E-state index in [2.05, 4.69) is 0 Å². The lowest BCUT2D eigenvalue weighted by atomic mass is 9.71. The summed E-state index contributed by atoms with van der Waals surface area (Å²) >= 11 is 0. The molecule has 2 aromatic carbocycles. The second-order valence-electron chi connectivity index (χ2n) is 6.68. The normalized spacial score (nSPS) is 24.0. The predicted octanol–water partition coefficient (Wildman–Crippen LogP) is 2.75. The minimum absolute atomic E-state index is 0.0748. The third-order valence-electron chi connectivity index (χ3n) is 5.16. The van der Waals surface area contributed by atoms with Gasteiger partial charge in [0.25, 0.3) is 5.69 Å². The van der Waals surface area contributed by atoms with Gasteiger partial charge in [0.15, 0.2) is 11.4 Å². The van der Waals surface area contributed by atoms with Crippen LogP contribution in [0.15, 0.2) is 60.4 Å². The number of rotatable bonds is 1. The van der Waals surface area contributed by atoms with Crippen molar-refractivity contribution in [2.45, 2.75) is 5.60 Å². The first-order chi connectivity index (χ1) is 13.4. The number of allylic oxidation sites excluding steroid dienone is 2. The summed E-state index contributed by atoms with van der Waals surface area (Å²) in [6, 6.07) is 8.23. The molecule has 138 valence electrons. The van der Waals surface area contributed by atoms with Crippen LogP contribution in [0.1, 0.15) is 21.5 Å². The topological polar surface area (TPSA) is 116 Å². The number of nitro benzene ring substituents is 1. The number of phenolic OH excluding ortho intramolecular Hbond substituents is 1. The van der Waals surface area contributed by atoms with Crippen molar-refractivity contribution in [2.24, 2.45) is 5.92 Å². The summed E-state index contributed by atoms with van der Waals surface area (Å²) < 4.78 is 11.6. The van der Waals surface area contributed by atoms with E-state index in [0.29, 0.717) is 11.1 Å². The van der Waals surface area contributed by atoms with Crippen LogP contribution in [0.25, 0.3) is 0 Å². The molecule has 2 heterocycles. The molecule has 2 aliphatic heterocycles. The highest BCUT2D eigenvalue weighted by Crippen LogP contribution is 2.57. The van der Waals surface area contributed by atoms with Gasteiger partial charge in [0.05, 0.1) is 16.4 Å². The number of hydrogen-bond acceptors (Lipinski definition) is 7. The zero-order chi connectivity index (χ0) is 19.6. The quantitative estimate of drug-likeness (QED) is 0.461. The summed E-state index contributed by atoms with van der Waals surface area (Å²) in [5, 5.41) is 21.2. The van der Waals surface area contributed by atoms with Crippen LogP contribution >= 0.6 is 0 Å². The Hall–Kier alpha value is -3.94. The number of nitro groups is 1. The maximum absolute atomic E-state index is 12.6. The number of ether oxygens (including phenoxy) is 2. The zero-order valence-electron chi connectivity index (χ0n) is 14.1. The van der Waals surface area contributed by atoms with Crippen LogP contribution in [0.3, 0.4) is 0 Å². The van der Waals surface area contributed by atoms with Crippen LogP contribution in [0.4, 0.5) is 5.69 Å². The molecule has 0 saturated heterocycles. The highest BCUT2D eigenvalue weighted by molar-refractivity contribution is 6.01. The van der Waals surface area contributed by atoms with Gasteiger partial charge in [-0.3, -0.25) is 14.9 Å². The average Bonchev–Trinajstić information content (AvgIpc) is 2.94. The molecule has 0 unspecified atom stereocenters. The van der Waals surface area contributed by atoms with Crippen molar-refractivity contribution in [3.05, 3.63) is 87.2 Å². The van der Waals surface area contributed by atoms with Gasteiger partial charge in [-0.25, -0.2) is 4.79 Å². The van der Waals surface area contributed by atoms with Crippen LogP contribution in [0.2, 0.25) is 0 Å². The Balaban J connectivity index is 1.86. The molecule has 1 aliphatic carbocycles. The summed E-state index contributed by atoms with van der Waals surface area (Å²) in [4.78, 5) is 35.3. The van der Waals surface area contributed by atoms with Crippen molar-refractivity contribution in [1.29, 1.82) is 0 Å². The van der Waals surface area contributed by atoms with Crippen molar-refractivity contribution >= 4 is 17.4 Å². The molecule has 1 N–H and O–H groups in total. The summed E-state index contributed by atoms with van der Waals surface area (Å²) in [5.74, 6) is -1.25. The standard InChI is InChI=1S/C20H11NO7/c22-11-2-5-14-17(8-11)27-18-9-12(23)3-6-15(18)20(14)16-7-10(21(25)26)1-4-13(16)19(24)28-20/h1-9,14,23H/t14-,20-/m0/s1. The highest BCUT2D eigenvalue weighted by Gasteiger charge is 2.58. The van der Waals surface area contributed by atoms with E-state index in [1.54, 1.807) is 12.1 Å². The number of aromatic hydroxyl groups is 1. The van der Waals surface area contributed by atoms with Gasteiger partial charge >= 0.3 is 5.97 Å². The Morgan fingerprint density at radius 2 is 1.93 bits per heavy atom. The first kappa shape index (κ1) is 16.2. The van der Waals surface area contributed by atoms with Crippen LogP contribution in [-0.2, 0) is 15.1 Å². The van der Waals surface area contributed by atoms with Crippen molar-refractivity contribution in [3.63, 3.8) is 0 Å². The van der Waals surface area contributed by atoms with Crippen molar-refractivity contribution in [3.8, 4) is 11.5 Å². The SMILES string of the molecule is O=C1C=C[C@H]2C(=C1)Oc1cc(O)ccc1[C@@]21OC(=O)c2ccc([N+](=O)[O-])cc21. The average molecular weight is 377 g/mol. The number of benzene rings is 2. The van der Waals surface area contributed by atoms with Gasteiger partial charge < -0.3 is 14.6 Å². The second-order valence-corrected chi connectivity index (χ2v) is 6.68. The summed E-state index contributed by atoms with van der Waals surface area (Å²) in [6.07, 6.45) is 4.19. The lowest BCUT2D eigenvalue weighted by Crippen LogP contribution is -2.42. The monoisotopic (exact) mass is 377 g/mol. The van der Waals surface area contributed by atoms with Crippen LogP contribution in [0, 0.1) is 16.0 Å². The molecule has 2 aromatic rings. The molecule has 0 saturated carbocycles. The maximum atomic E-state index is 12.6. The van der Waals surface area contributed by atoms with E-state index in [1.165, 1.54) is 42.5 Å². The molecule has 5 rings (SSSR count). The number of carbonyl (C=O) groups is 2. The fourth-order valence-electron chi connectivity index (χ4n) is 4.01. The van der Waals surface area contributed by atoms with Crippen LogP contribution in [-0.4, -0.2) is 21.8 Å². The molecule has 0 amide bonds. The zero-order valence-corrected chi connectivity index (χ0v) is 14.1. The Morgan fingerprint density at radius 3 is 2.71 bits per heavy atom. The molecule has 1 spiro atoms. The molecule has 28 heavy (non-hydrogen) atoms. The van der Waals surface area contributed by atoms with Crippen molar-refractivity contribution in [2.75, 3.05) is 0 Å². The number of nitrogens with zero attached hydrogens (tertiary/aromatic N) is 1. The fourth-order valence-corrected chi connectivity index (χ4v) is 4.01. The third-order valence-corrected chi connectivity index (χ3v) is 5.16. The van der Waals surface area contributed by atoms with E-state index in [-0.39, 0.29) is 34.3 Å². The summed E-state index contributed by atoms with van der Waals surface area (Å²) in [7, 11) is 0. The van der Waals surface area contributed by atoms with Crippen LogP contribution < -0.4 is 4.74 Å². The number of non-ortho nitro benzene ring substituents is 1. The van der Waals surface area contributed by atoms with Gasteiger partial charge in [-0.05, 0) is 24.3 Å². The minimum Gasteiger partial charge on any atom is -0.508 e. The molecule has 0 bridgehead atoms. The molecule has 3 aliphatic rings. The summed E-state index contributed by atoms with van der Waals surface area (Å²) in [6.45, 7) is 0. The van der Waals surface area contributed by atoms with Gasteiger partial charge in [-0.1, -0.05) is 6.08 Å². The molecular weight excluding hydrogens is 366 g/mol. The Morgan fingerprint density at radius 1 is 1.11 bits per heavy atom. The van der Waals surface area contributed by atoms with Gasteiger partial charge in [0, 0.05) is 35.4 Å². The first-order valence-corrected chi connectivity index (χ1v) is 8.37. The van der Waals surface area contributed by atoms with Crippen molar-refractivity contribution < 1.29 is 29.1 Å². The Kier molecular flexibility index (Phi) is 3.07. The highest BCUT2D eigenvalue weighted by atomic mass is 16.6. The van der Waals surface area contributed by atoms with E-state index in [9.17, 15) is 24.8 Å². The third kappa shape index (κ3) is 1.99. The number of hydrogen-bond donors (Lipinski definition) is 1. The molecule has 8 heteroatoms. The second kappa shape index (κ2) is 5.29. The first-order valence-electron chi connectivity index (χ1n) is 8.37. The van der Waals surface area contributed by atoms with E-state index in [0.717, 1.165) is 0 Å². The van der Waals surface area contributed by atoms with Crippen molar-refractivity contribution in [1.82, 2.24) is 0 Å². The number of fused-ring (bicyclic) bond motifs is 6. The number of ketones is 1. The molecule has 0 fully saturated rings. The van der Waals surface area contributed by atoms with Gasteiger partial charge in [-0.15, -0.1) is 0 Å². The van der Waals surface area contributed by atoms with Gasteiger partial charge in [-0.2, -0.15) is 0 Å². The van der Waals surface area contributed by atoms with Gasteiger partial charge in [0.1, 0.15) is 17.3 Å². The van der Waals surface area contributed by atoms with Gasteiger partial charge in [0.2, 0.25) is 0 Å². The lowest BCUT2D eigenvalue weighted by Gasteiger charge is -2.42. The summed E-state index contributed by atoms with van der Waals surface area (Å²) in [5.41, 5.74) is -0.681. The van der Waals surface area contributed by atoms with E-state index >= 15 is 0 Å². The van der Waals surface area contributed by atoms with E-state index < -0.39 is 22.4 Å². The Bertz CT molecular complexity index is 1160. The molecule has 0 aromatic heterocycles. The predicted molar refractivity (Wildman–Crippen MR) is 93.7 cm³/mol. The number of esters is 1. The molecule has 8 nitrogen and oxygen atoms in total. The van der Waals surface area contributed by atoms with E-state index in [4.69, 9.17) is 9.47 Å². The van der Waals surface area contributed by atoms with Crippen LogP contribution in [0.5, 0.6) is 11.5 Å². The largest absolute Gasteiger partial charge is 0.508 e. The maximum Gasteiger partial charge on any atom is 0.339 e. The smallest absolute Gasteiger partial charge is 0.339 e. The fraction of sp³-hybridized carbons (Fsp3) is 0.100. The minimum atomic E-state index is -1.44.